The Labute approximate surface area is 250 Å². The number of carbonyl (C=O) groups excluding carboxylic acids is 4. The number of esters is 1. The number of aromatic hydroxyl groups is 2. The van der Waals surface area contributed by atoms with E-state index in [4.69, 9.17) is 4.74 Å². The van der Waals surface area contributed by atoms with E-state index in [9.17, 15) is 39.6 Å². The molecule has 0 unspecified atom stereocenters. The highest BCUT2D eigenvalue weighted by molar-refractivity contribution is 6.01. The summed E-state index contributed by atoms with van der Waals surface area (Å²) in [6.45, 7) is 3.59. The van der Waals surface area contributed by atoms with E-state index in [1.165, 1.54) is 12.1 Å². The number of carbonyl (C=O) groups is 4. The molecule has 7 atom stereocenters. The normalized spacial score (nSPS) is 34.4. The number of hydrogen-bond acceptors (Lipinski definition) is 9. The third-order valence-corrected chi connectivity index (χ3v) is 10.8. The third kappa shape index (κ3) is 5.51. The SMILES string of the molecule is C[C@]12C=CC(=O)C=C1CC[C@H]1[C@H]2[C@@H](O)C[C@@]2(C)[C@@H]1CC[C@@]2(O)C(=O)COC(=O)CCC(=O)NCCc1ccc(O)c(O)c1. The second kappa shape index (κ2) is 11.5. The predicted octanol–water partition coefficient (Wildman–Crippen LogP) is 2.66. The molecule has 1 aromatic carbocycles. The Morgan fingerprint density at radius 3 is 2.60 bits per heavy atom. The molecule has 4 aliphatic carbocycles. The summed E-state index contributed by atoms with van der Waals surface area (Å²) in [5.41, 5.74) is -1.34. The van der Waals surface area contributed by atoms with Gasteiger partial charge in [0.15, 0.2) is 23.9 Å². The molecule has 4 aliphatic rings. The summed E-state index contributed by atoms with van der Waals surface area (Å²) in [6.07, 6.45) is 7.00. The zero-order valence-electron chi connectivity index (χ0n) is 24.7. The number of allylic oxidation sites excluding steroid dienone is 4. The molecule has 3 saturated carbocycles. The summed E-state index contributed by atoms with van der Waals surface area (Å²) in [6, 6.07) is 4.40. The summed E-state index contributed by atoms with van der Waals surface area (Å²) in [5, 5.41) is 44.9. The first-order chi connectivity index (χ1) is 20.3. The van der Waals surface area contributed by atoms with Gasteiger partial charge < -0.3 is 30.5 Å². The molecule has 232 valence electrons. The van der Waals surface area contributed by atoms with Crippen molar-refractivity contribution in [3.8, 4) is 11.5 Å². The number of Topliss-reactive ketones (excluding diaryl/α,β-unsaturated/α-hetero) is 1. The minimum Gasteiger partial charge on any atom is -0.504 e. The number of benzene rings is 1. The van der Waals surface area contributed by atoms with Gasteiger partial charge in [-0.1, -0.05) is 31.6 Å². The lowest BCUT2D eigenvalue weighted by molar-refractivity contribution is -0.181. The quantitative estimate of drug-likeness (QED) is 0.213. The first-order valence-electron chi connectivity index (χ1n) is 15.1. The zero-order chi connectivity index (χ0) is 31.2. The molecule has 0 bridgehead atoms. The molecule has 5 rings (SSSR count). The number of phenolic OH excluding ortho intramolecular Hbond substituents is 2. The van der Waals surface area contributed by atoms with Crippen LogP contribution in [0.15, 0.2) is 42.0 Å². The van der Waals surface area contributed by atoms with Gasteiger partial charge in [0.1, 0.15) is 5.60 Å². The summed E-state index contributed by atoms with van der Waals surface area (Å²) in [5.74, 6) is -2.27. The van der Waals surface area contributed by atoms with E-state index in [0.717, 1.165) is 24.0 Å². The van der Waals surface area contributed by atoms with Gasteiger partial charge in [-0.05, 0) is 80.2 Å². The molecule has 0 saturated heterocycles. The fourth-order valence-corrected chi connectivity index (χ4v) is 8.50. The molecule has 0 radical (unpaired) electrons. The van der Waals surface area contributed by atoms with Gasteiger partial charge in [-0.3, -0.25) is 19.2 Å². The number of fused-ring (bicyclic) bond motifs is 5. The first kappa shape index (κ1) is 30.9. The van der Waals surface area contributed by atoms with E-state index in [1.54, 1.807) is 18.2 Å². The van der Waals surface area contributed by atoms with Crippen molar-refractivity contribution in [3.05, 3.63) is 47.6 Å². The molecular formula is C33H41NO9. The van der Waals surface area contributed by atoms with Crippen LogP contribution in [0.1, 0.15) is 64.4 Å². The number of ether oxygens (including phenoxy) is 1. The number of ketones is 2. The van der Waals surface area contributed by atoms with Crippen LogP contribution in [0.4, 0.5) is 0 Å². The van der Waals surface area contributed by atoms with Crippen LogP contribution >= 0.6 is 0 Å². The van der Waals surface area contributed by atoms with Gasteiger partial charge in [0.25, 0.3) is 0 Å². The van der Waals surface area contributed by atoms with Gasteiger partial charge in [-0.25, -0.2) is 0 Å². The molecule has 10 heteroatoms. The van der Waals surface area contributed by atoms with Crippen LogP contribution in [-0.4, -0.2) is 68.7 Å². The lowest BCUT2D eigenvalue weighted by Gasteiger charge is -2.59. The van der Waals surface area contributed by atoms with Crippen molar-refractivity contribution in [3.63, 3.8) is 0 Å². The van der Waals surface area contributed by atoms with Crippen molar-refractivity contribution < 1.29 is 44.3 Å². The van der Waals surface area contributed by atoms with Gasteiger partial charge in [-0.2, -0.15) is 0 Å². The number of hydrogen-bond donors (Lipinski definition) is 5. The number of aliphatic hydroxyl groups is 2. The van der Waals surface area contributed by atoms with Crippen LogP contribution in [0, 0.1) is 28.6 Å². The van der Waals surface area contributed by atoms with E-state index < -0.39 is 40.9 Å². The first-order valence-corrected chi connectivity index (χ1v) is 15.1. The Hall–Kier alpha value is -3.50. The van der Waals surface area contributed by atoms with Gasteiger partial charge in [-0.15, -0.1) is 0 Å². The van der Waals surface area contributed by atoms with Crippen LogP contribution in [0.2, 0.25) is 0 Å². The van der Waals surface area contributed by atoms with Crippen molar-refractivity contribution in [1.82, 2.24) is 5.32 Å². The maximum Gasteiger partial charge on any atom is 0.306 e. The van der Waals surface area contributed by atoms with E-state index in [1.807, 2.05) is 13.0 Å². The molecule has 43 heavy (non-hydrogen) atoms. The molecule has 3 fully saturated rings. The van der Waals surface area contributed by atoms with E-state index >= 15 is 0 Å². The van der Waals surface area contributed by atoms with Gasteiger partial charge in [0, 0.05) is 29.7 Å². The molecule has 0 heterocycles. The average Bonchev–Trinajstić information content (AvgIpc) is 3.23. The van der Waals surface area contributed by atoms with Crippen LogP contribution in [0.25, 0.3) is 0 Å². The van der Waals surface area contributed by atoms with Gasteiger partial charge in [0.2, 0.25) is 11.7 Å². The fraction of sp³-hybridized carbons (Fsp3) is 0.576. The van der Waals surface area contributed by atoms with Gasteiger partial charge >= 0.3 is 5.97 Å². The second-order valence-electron chi connectivity index (χ2n) is 13.1. The molecule has 5 N–H and O–H groups in total. The number of nitrogens with one attached hydrogen (secondary N) is 1. The minimum absolute atomic E-state index is 0.0100. The van der Waals surface area contributed by atoms with Crippen LogP contribution in [0.3, 0.4) is 0 Å². The molecule has 0 aliphatic heterocycles. The van der Waals surface area contributed by atoms with Crippen molar-refractivity contribution in [1.29, 1.82) is 0 Å². The molecule has 1 amide bonds. The summed E-state index contributed by atoms with van der Waals surface area (Å²) in [4.78, 5) is 50.0. The number of amides is 1. The van der Waals surface area contributed by atoms with E-state index in [-0.39, 0.29) is 73.2 Å². The Morgan fingerprint density at radius 1 is 1.09 bits per heavy atom. The van der Waals surface area contributed by atoms with Crippen molar-refractivity contribution in [2.45, 2.75) is 76.9 Å². The number of phenols is 2. The minimum atomic E-state index is -1.75. The summed E-state index contributed by atoms with van der Waals surface area (Å²) in [7, 11) is 0. The van der Waals surface area contributed by atoms with Crippen LogP contribution < -0.4 is 5.32 Å². The Bertz CT molecular complexity index is 1380. The highest BCUT2D eigenvalue weighted by Gasteiger charge is 2.68. The Balaban J connectivity index is 1.13. The lowest BCUT2D eigenvalue weighted by Crippen LogP contribution is -2.61. The number of aliphatic hydroxyl groups excluding tert-OH is 1. The summed E-state index contributed by atoms with van der Waals surface area (Å²) >= 11 is 0. The molecule has 0 aromatic heterocycles. The Kier molecular flexibility index (Phi) is 8.30. The lowest BCUT2D eigenvalue weighted by atomic mass is 9.46. The van der Waals surface area contributed by atoms with Crippen LogP contribution in [-0.2, 0) is 30.3 Å². The highest BCUT2D eigenvalue weighted by atomic mass is 16.5. The molecule has 1 aromatic rings. The molecule has 10 nitrogen and oxygen atoms in total. The van der Waals surface area contributed by atoms with Crippen LogP contribution in [0.5, 0.6) is 11.5 Å². The molecular weight excluding hydrogens is 554 g/mol. The average molecular weight is 596 g/mol. The maximum atomic E-state index is 13.4. The fourth-order valence-electron chi connectivity index (χ4n) is 8.50. The van der Waals surface area contributed by atoms with E-state index in [2.05, 4.69) is 12.2 Å². The third-order valence-electron chi connectivity index (χ3n) is 10.8. The largest absolute Gasteiger partial charge is 0.504 e. The predicted molar refractivity (Wildman–Crippen MR) is 155 cm³/mol. The highest BCUT2D eigenvalue weighted by Crippen LogP contribution is 2.67. The number of rotatable bonds is 9. The van der Waals surface area contributed by atoms with Crippen molar-refractivity contribution in [2.24, 2.45) is 28.6 Å². The van der Waals surface area contributed by atoms with Gasteiger partial charge in [0.05, 0.1) is 12.5 Å². The summed E-state index contributed by atoms with van der Waals surface area (Å²) < 4.78 is 5.19. The monoisotopic (exact) mass is 595 g/mol. The van der Waals surface area contributed by atoms with E-state index in [0.29, 0.717) is 12.8 Å². The Morgan fingerprint density at radius 2 is 1.86 bits per heavy atom. The molecule has 0 spiro atoms. The smallest absolute Gasteiger partial charge is 0.306 e. The zero-order valence-corrected chi connectivity index (χ0v) is 24.7. The van der Waals surface area contributed by atoms with Crippen molar-refractivity contribution in [2.75, 3.05) is 13.2 Å². The standard InChI is InChI=1S/C33H41NO9/c1-31-12-9-21(35)16-20(31)4-5-22-23-10-13-33(42,32(23,2)17-26(38)30(22)31)27(39)18-43-29(41)8-7-28(40)34-14-11-19-3-6-24(36)25(37)15-19/h3,6,9,12,15-16,22-23,26,30,36-38,42H,4-5,7-8,10-11,13-14,17-18H2,1-2H3,(H,34,40)/t22-,23-,26+,30+,31+,32+,33-/m1/s1. The second-order valence-corrected chi connectivity index (χ2v) is 13.1. The van der Waals surface area contributed by atoms with Crippen molar-refractivity contribution >= 4 is 23.4 Å². The maximum absolute atomic E-state index is 13.4. The topological polar surface area (TPSA) is 170 Å².